The maximum absolute atomic E-state index is 12.0. The number of carboxylic acid groups (broad SMARTS) is 1. The Hall–Kier alpha value is -2.41. The highest BCUT2D eigenvalue weighted by atomic mass is 16.5. The Morgan fingerprint density at radius 2 is 1.90 bits per heavy atom. The third-order valence-electron chi connectivity index (χ3n) is 2.66. The molecule has 0 fully saturated rings. The van der Waals surface area contributed by atoms with E-state index in [1.807, 2.05) is 0 Å². The highest BCUT2D eigenvalue weighted by Gasteiger charge is 2.27. The first-order valence-electron chi connectivity index (χ1n) is 6.33. The molecule has 0 saturated heterocycles. The van der Waals surface area contributed by atoms with Crippen LogP contribution >= 0.6 is 0 Å². The van der Waals surface area contributed by atoms with Crippen molar-refractivity contribution >= 4 is 23.7 Å². The van der Waals surface area contributed by atoms with Gasteiger partial charge in [-0.1, -0.05) is 12.1 Å². The van der Waals surface area contributed by atoms with E-state index in [0.717, 1.165) is 0 Å². The molecule has 1 aromatic carbocycles. The summed E-state index contributed by atoms with van der Waals surface area (Å²) >= 11 is 0. The van der Waals surface area contributed by atoms with Crippen LogP contribution < -0.4 is 4.90 Å². The third-order valence-corrected chi connectivity index (χ3v) is 2.66. The minimum Gasteiger partial charge on any atom is -0.465 e. The molecule has 0 atom stereocenters. The number of imide groups is 1. The number of carbonyl (C=O) groups is 3. The predicted octanol–water partition coefficient (Wildman–Crippen LogP) is 1.91. The van der Waals surface area contributed by atoms with Gasteiger partial charge < -0.3 is 14.6 Å². The van der Waals surface area contributed by atoms with Gasteiger partial charge in [0.05, 0.1) is 31.4 Å². The summed E-state index contributed by atoms with van der Waals surface area (Å²) in [5.74, 6) is -1.39. The van der Waals surface area contributed by atoms with Crippen molar-refractivity contribution in [3.8, 4) is 0 Å². The molecule has 0 saturated carbocycles. The van der Waals surface area contributed by atoms with Gasteiger partial charge in [-0.3, -0.25) is 4.79 Å². The molecule has 0 bridgehead atoms. The third kappa shape index (κ3) is 4.28. The van der Waals surface area contributed by atoms with Gasteiger partial charge in [-0.15, -0.1) is 0 Å². The van der Waals surface area contributed by atoms with Crippen LogP contribution in [0.5, 0.6) is 0 Å². The fourth-order valence-corrected chi connectivity index (χ4v) is 1.71. The number of hydrogen-bond donors (Lipinski definition) is 1. The van der Waals surface area contributed by atoms with Crippen LogP contribution in [0, 0.1) is 0 Å². The van der Waals surface area contributed by atoms with Crippen molar-refractivity contribution in [2.45, 2.75) is 13.3 Å². The van der Waals surface area contributed by atoms with Crippen molar-refractivity contribution < 1.29 is 29.0 Å². The standard InChI is InChI=1S/C14H17NO6/c1-3-21-9-8-12(16)15(14(18)19)11-7-5-4-6-10(11)13(17)20-2/h4-7H,3,8-9H2,1-2H3,(H,18,19). The van der Waals surface area contributed by atoms with Gasteiger partial charge in [0.25, 0.3) is 0 Å². The van der Waals surface area contributed by atoms with E-state index >= 15 is 0 Å². The topological polar surface area (TPSA) is 93.1 Å². The zero-order valence-electron chi connectivity index (χ0n) is 11.9. The van der Waals surface area contributed by atoms with Crippen LogP contribution in [0.2, 0.25) is 0 Å². The molecule has 1 N–H and O–H groups in total. The maximum atomic E-state index is 12.0. The van der Waals surface area contributed by atoms with Crippen LogP contribution in [0.3, 0.4) is 0 Å². The Morgan fingerprint density at radius 3 is 2.48 bits per heavy atom. The van der Waals surface area contributed by atoms with Crippen LogP contribution in [0.1, 0.15) is 23.7 Å². The Morgan fingerprint density at radius 1 is 1.24 bits per heavy atom. The number of ether oxygens (including phenoxy) is 2. The largest absolute Gasteiger partial charge is 0.465 e. The molecule has 0 radical (unpaired) electrons. The highest BCUT2D eigenvalue weighted by molar-refractivity contribution is 6.14. The molecular weight excluding hydrogens is 278 g/mol. The first-order valence-corrected chi connectivity index (χ1v) is 6.33. The van der Waals surface area contributed by atoms with Crippen molar-refractivity contribution in [1.29, 1.82) is 0 Å². The van der Waals surface area contributed by atoms with Crippen molar-refractivity contribution in [2.75, 3.05) is 25.2 Å². The minimum absolute atomic E-state index is 0.00663. The Bertz CT molecular complexity index is 528. The van der Waals surface area contributed by atoms with Crippen LogP contribution in [0.25, 0.3) is 0 Å². The van der Waals surface area contributed by atoms with Crippen LogP contribution in [-0.2, 0) is 14.3 Å². The van der Waals surface area contributed by atoms with E-state index in [2.05, 4.69) is 4.74 Å². The molecule has 2 amide bonds. The summed E-state index contributed by atoms with van der Waals surface area (Å²) in [6.45, 7) is 2.31. The summed E-state index contributed by atoms with van der Waals surface area (Å²) in [7, 11) is 1.18. The molecule has 0 aliphatic carbocycles. The van der Waals surface area contributed by atoms with Gasteiger partial charge in [0, 0.05) is 6.61 Å². The van der Waals surface area contributed by atoms with Gasteiger partial charge in [0.15, 0.2) is 0 Å². The second kappa shape index (κ2) is 8.01. The maximum Gasteiger partial charge on any atom is 0.418 e. The molecule has 21 heavy (non-hydrogen) atoms. The van der Waals surface area contributed by atoms with Gasteiger partial charge >= 0.3 is 12.1 Å². The summed E-state index contributed by atoms with van der Waals surface area (Å²) in [4.78, 5) is 35.6. The molecule has 1 rings (SSSR count). The van der Waals surface area contributed by atoms with E-state index in [-0.39, 0.29) is 24.3 Å². The SMILES string of the molecule is CCOCCC(=O)N(C(=O)O)c1ccccc1C(=O)OC. The molecule has 0 unspecified atom stereocenters. The number of benzene rings is 1. The lowest BCUT2D eigenvalue weighted by Gasteiger charge is -2.19. The van der Waals surface area contributed by atoms with E-state index in [4.69, 9.17) is 4.74 Å². The fourth-order valence-electron chi connectivity index (χ4n) is 1.71. The Balaban J connectivity index is 3.09. The van der Waals surface area contributed by atoms with Crippen LogP contribution in [0.15, 0.2) is 24.3 Å². The number of esters is 1. The molecular formula is C14H17NO6. The highest BCUT2D eigenvalue weighted by Crippen LogP contribution is 2.22. The Labute approximate surface area is 122 Å². The normalized spacial score (nSPS) is 10.0. The smallest absolute Gasteiger partial charge is 0.418 e. The molecule has 0 aliphatic heterocycles. The summed E-state index contributed by atoms with van der Waals surface area (Å²) in [5, 5.41) is 9.24. The summed E-state index contributed by atoms with van der Waals surface area (Å²) < 4.78 is 9.63. The number of carbonyl (C=O) groups excluding carboxylic acids is 2. The zero-order chi connectivity index (χ0) is 15.8. The molecule has 0 aliphatic rings. The number of anilines is 1. The lowest BCUT2D eigenvalue weighted by molar-refractivity contribution is -0.119. The van der Waals surface area contributed by atoms with Crippen LogP contribution in [-0.4, -0.2) is 43.4 Å². The monoisotopic (exact) mass is 295 g/mol. The fraction of sp³-hybridized carbons (Fsp3) is 0.357. The molecule has 7 heteroatoms. The second-order valence-corrected chi connectivity index (χ2v) is 3.97. The first-order chi connectivity index (χ1) is 10.0. The molecule has 0 heterocycles. The molecule has 7 nitrogen and oxygen atoms in total. The number of hydrogen-bond acceptors (Lipinski definition) is 5. The summed E-state index contributed by atoms with van der Waals surface area (Å²) in [5.41, 5.74) is -0.0227. The van der Waals surface area contributed by atoms with E-state index in [9.17, 15) is 19.5 Å². The number of methoxy groups -OCH3 is 1. The van der Waals surface area contributed by atoms with Crippen molar-refractivity contribution in [3.05, 3.63) is 29.8 Å². The first kappa shape index (κ1) is 16.6. The number of para-hydroxylation sites is 1. The average molecular weight is 295 g/mol. The van der Waals surface area contributed by atoms with E-state index in [0.29, 0.717) is 11.5 Å². The van der Waals surface area contributed by atoms with E-state index < -0.39 is 18.0 Å². The number of rotatable bonds is 6. The molecule has 0 aromatic heterocycles. The van der Waals surface area contributed by atoms with Crippen molar-refractivity contribution in [2.24, 2.45) is 0 Å². The Kier molecular flexibility index (Phi) is 6.35. The quantitative estimate of drug-likeness (QED) is 0.636. The van der Waals surface area contributed by atoms with Crippen molar-refractivity contribution in [3.63, 3.8) is 0 Å². The van der Waals surface area contributed by atoms with E-state index in [1.165, 1.54) is 25.3 Å². The van der Waals surface area contributed by atoms with E-state index in [1.54, 1.807) is 13.0 Å². The number of amides is 2. The van der Waals surface area contributed by atoms with Gasteiger partial charge in [0.2, 0.25) is 5.91 Å². The second-order valence-electron chi connectivity index (χ2n) is 3.97. The zero-order valence-corrected chi connectivity index (χ0v) is 11.9. The minimum atomic E-state index is -1.46. The van der Waals surface area contributed by atoms with Crippen LogP contribution in [0.4, 0.5) is 10.5 Å². The summed E-state index contributed by atoms with van der Waals surface area (Å²) in [6.07, 6.45) is -1.57. The lowest BCUT2D eigenvalue weighted by Crippen LogP contribution is -2.37. The number of nitrogens with zero attached hydrogens (tertiary/aromatic N) is 1. The van der Waals surface area contributed by atoms with Gasteiger partial charge in [0.1, 0.15) is 0 Å². The van der Waals surface area contributed by atoms with Gasteiger partial charge in [-0.25, -0.2) is 14.5 Å². The molecule has 1 aromatic rings. The predicted molar refractivity (Wildman–Crippen MR) is 74.4 cm³/mol. The summed E-state index contributed by atoms with van der Waals surface area (Å²) in [6, 6.07) is 5.86. The molecule has 0 spiro atoms. The van der Waals surface area contributed by atoms with Gasteiger partial charge in [-0.05, 0) is 19.1 Å². The van der Waals surface area contributed by atoms with Gasteiger partial charge in [-0.2, -0.15) is 0 Å². The van der Waals surface area contributed by atoms with Crippen molar-refractivity contribution in [1.82, 2.24) is 0 Å². The molecule has 114 valence electrons. The average Bonchev–Trinajstić information content (AvgIpc) is 2.47. The lowest BCUT2D eigenvalue weighted by atomic mass is 10.1.